The summed E-state index contributed by atoms with van der Waals surface area (Å²) in [4.78, 5) is 16.4. The fourth-order valence-corrected chi connectivity index (χ4v) is 2.64. The molecule has 0 radical (unpaired) electrons. The molecule has 4 nitrogen and oxygen atoms in total. The number of esters is 1. The van der Waals surface area contributed by atoms with Crippen LogP contribution in [0.2, 0.25) is 0 Å². The van der Waals surface area contributed by atoms with Gasteiger partial charge in [-0.05, 0) is 77.0 Å². The van der Waals surface area contributed by atoms with E-state index in [1.807, 2.05) is 48.5 Å². The first-order chi connectivity index (χ1) is 12.2. The van der Waals surface area contributed by atoms with Gasteiger partial charge in [-0.3, -0.25) is 0 Å². The highest BCUT2D eigenvalue weighted by Crippen LogP contribution is 2.21. The maximum Gasteiger partial charge on any atom is 0.363 e. The average molecular weight is 447 g/mol. The second kappa shape index (κ2) is 8.29. The Labute approximate surface area is 160 Å². The topological polar surface area (TPSA) is 47.9 Å². The van der Waals surface area contributed by atoms with Gasteiger partial charge >= 0.3 is 5.97 Å². The van der Waals surface area contributed by atoms with Gasteiger partial charge in [-0.2, -0.15) is 0 Å². The van der Waals surface area contributed by atoms with Crippen molar-refractivity contribution in [2.24, 2.45) is 4.99 Å². The first-order valence-corrected chi connectivity index (χ1v) is 9.25. The zero-order valence-electron chi connectivity index (χ0n) is 13.9. The van der Waals surface area contributed by atoms with Crippen molar-refractivity contribution < 1.29 is 14.3 Å². The monoisotopic (exact) mass is 447 g/mol. The van der Waals surface area contributed by atoms with E-state index in [9.17, 15) is 4.79 Å². The molecule has 1 aliphatic rings. The zero-order chi connectivity index (χ0) is 17.6. The molecule has 5 heteroatoms. The number of hydrogen-bond acceptors (Lipinski definition) is 4. The minimum absolute atomic E-state index is 0.299. The maximum absolute atomic E-state index is 12.0. The average Bonchev–Trinajstić information content (AvgIpc) is 2.98. The summed E-state index contributed by atoms with van der Waals surface area (Å²) in [6.45, 7) is 2.84. The third kappa shape index (κ3) is 4.69. The van der Waals surface area contributed by atoms with E-state index in [-0.39, 0.29) is 0 Å². The van der Waals surface area contributed by atoms with Crippen LogP contribution in [0.15, 0.2) is 59.2 Å². The SMILES string of the molecule is CCCCOc1ccc(/C=C2\N=C(c3ccc(I)cc3)OC2=O)cc1. The third-order valence-electron chi connectivity index (χ3n) is 3.66. The number of aliphatic imine (C=N–C) groups is 1. The Morgan fingerprint density at radius 1 is 1.12 bits per heavy atom. The van der Waals surface area contributed by atoms with Crippen LogP contribution in [-0.4, -0.2) is 18.5 Å². The molecule has 0 spiro atoms. The summed E-state index contributed by atoms with van der Waals surface area (Å²) in [6, 6.07) is 15.3. The Hall–Kier alpha value is -2.15. The number of ether oxygens (including phenoxy) is 2. The molecule has 1 heterocycles. The fraction of sp³-hybridized carbons (Fsp3) is 0.200. The van der Waals surface area contributed by atoms with Crippen molar-refractivity contribution in [2.75, 3.05) is 6.61 Å². The van der Waals surface area contributed by atoms with Crippen LogP contribution in [0, 0.1) is 3.57 Å². The number of cyclic esters (lactones) is 1. The van der Waals surface area contributed by atoms with Gasteiger partial charge < -0.3 is 9.47 Å². The highest BCUT2D eigenvalue weighted by Gasteiger charge is 2.23. The Morgan fingerprint density at radius 2 is 1.84 bits per heavy atom. The summed E-state index contributed by atoms with van der Waals surface area (Å²) in [5.74, 6) is 0.733. The molecule has 0 amide bonds. The molecule has 0 saturated carbocycles. The zero-order valence-corrected chi connectivity index (χ0v) is 16.0. The Kier molecular flexibility index (Phi) is 5.86. The number of hydrogen-bond donors (Lipinski definition) is 0. The van der Waals surface area contributed by atoms with Crippen molar-refractivity contribution in [3.63, 3.8) is 0 Å². The summed E-state index contributed by atoms with van der Waals surface area (Å²) in [6.07, 6.45) is 3.86. The third-order valence-corrected chi connectivity index (χ3v) is 4.38. The van der Waals surface area contributed by atoms with Crippen LogP contribution in [0.4, 0.5) is 0 Å². The van der Waals surface area contributed by atoms with E-state index < -0.39 is 5.97 Å². The number of halogens is 1. The standard InChI is InChI=1S/C20H18INO3/c1-2-3-12-24-17-10-4-14(5-11-17)13-18-20(23)25-19(22-18)15-6-8-16(21)9-7-15/h4-11,13H,2-3,12H2,1H3/b18-13-. The van der Waals surface area contributed by atoms with E-state index in [1.165, 1.54) is 0 Å². The van der Waals surface area contributed by atoms with Crippen molar-refractivity contribution in [3.05, 3.63) is 68.9 Å². The number of carbonyl (C=O) groups is 1. The summed E-state index contributed by atoms with van der Waals surface area (Å²) in [7, 11) is 0. The largest absolute Gasteiger partial charge is 0.494 e. The van der Waals surface area contributed by atoms with E-state index in [1.54, 1.807) is 6.08 Å². The van der Waals surface area contributed by atoms with Crippen molar-refractivity contribution in [1.82, 2.24) is 0 Å². The maximum atomic E-state index is 12.0. The lowest BCUT2D eigenvalue weighted by Crippen LogP contribution is -2.05. The lowest BCUT2D eigenvalue weighted by Gasteiger charge is -2.05. The quantitative estimate of drug-likeness (QED) is 0.276. The summed E-state index contributed by atoms with van der Waals surface area (Å²) in [5.41, 5.74) is 1.97. The van der Waals surface area contributed by atoms with Gasteiger partial charge in [0.05, 0.1) is 6.61 Å². The van der Waals surface area contributed by atoms with Gasteiger partial charge in [0.2, 0.25) is 5.90 Å². The van der Waals surface area contributed by atoms with E-state index in [4.69, 9.17) is 9.47 Å². The minimum Gasteiger partial charge on any atom is -0.494 e. The minimum atomic E-state index is -0.433. The molecule has 0 atom stereocenters. The number of benzene rings is 2. The summed E-state index contributed by atoms with van der Waals surface area (Å²) >= 11 is 2.23. The first kappa shape index (κ1) is 17.7. The fourth-order valence-electron chi connectivity index (χ4n) is 2.28. The second-order valence-corrected chi connectivity index (χ2v) is 6.86. The highest BCUT2D eigenvalue weighted by molar-refractivity contribution is 14.1. The number of carbonyl (C=O) groups excluding carboxylic acids is 1. The molecular formula is C20H18INO3. The normalized spacial score (nSPS) is 15.2. The van der Waals surface area contributed by atoms with Gasteiger partial charge in [0.25, 0.3) is 0 Å². The van der Waals surface area contributed by atoms with E-state index in [2.05, 4.69) is 34.5 Å². The van der Waals surface area contributed by atoms with Crippen molar-refractivity contribution in [2.45, 2.75) is 19.8 Å². The number of unbranched alkanes of at least 4 members (excludes halogenated alkanes) is 1. The van der Waals surface area contributed by atoms with Crippen LogP contribution >= 0.6 is 22.6 Å². The Morgan fingerprint density at radius 3 is 2.52 bits per heavy atom. The molecule has 1 aliphatic heterocycles. The molecule has 25 heavy (non-hydrogen) atoms. The van der Waals surface area contributed by atoms with Crippen LogP contribution in [0.3, 0.4) is 0 Å². The van der Waals surface area contributed by atoms with Gasteiger partial charge in [-0.1, -0.05) is 25.5 Å². The molecule has 0 aliphatic carbocycles. The molecule has 0 bridgehead atoms. The van der Waals surface area contributed by atoms with Crippen LogP contribution < -0.4 is 4.74 Å². The molecular weight excluding hydrogens is 429 g/mol. The van der Waals surface area contributed by atoms with Crippen LogP contribution in [0.5, 0.6) is 5.75 Å². The predicted octanol–water partition coefficient (Wildman–Crippen LogP) is 4.81. The van der Waals surface area contributed by atoms with E-state index in [0.29, 0.717) is 18.2 Å². The lowest BCUT2D eigenvalue weighted by molar-refractivity contribution is -0.129. The Balaban J connectivity index is 1.74. The Bertz CT molecular complexity index is 808. The summed E-state index contributed by atoms with van der Waals surface area (Å²) in [5, 5.41) is 0. The first-order valence-electron chi connectivity index (χ1n) is 8.17. The van der Waals surface area contributed by atoms with Crippen molar-refractivity contribution in [3.8, 4) is 5.75 Å². The second-order valence-electron chi connectivity index (χ2n) is 5.61. The number of nitrogens with zero attached hydrogens (tertiary/aromatic N) is 1. The van der Waals surface area contributed by atoms with Crippen molar-refractivity contribution >= 4 is 40.5 Å². The molecule has 2 aromatic carbocycles. The molecule has 0 aromatic heterocycles. The van der Waals surface area contributed by atoms with Crippen LogP contribution in [0.1, 0.15) is 30.9 Å². The van der Waals surface area contributed by atoms with Gasteiger partial charge in [0.1, 0.15) is 5.75 Å². The predicted molar refractivity (Wildman–Crippen MR) is 107 cm³/mol. The van der Waals surface area contributed by atoms with Gasteiger partial charge in [0.15, 0.2) is 5.70 Å². The van der Waals surface area contributed by atoms with Gasteiger partial charge in [-0.15, -0.1) is 0 Å². The van der Waals surface area contributed by atoms with Gasteiger partial charge in [0, 0.05) is 9.13 Å². The molecule has 0 unspecified atom stereocenters. The molecule has 2 aromatic rings. The number of rotatable bonds is 6. The molecule has 0 fully saturated rings. The van der Waals surface area contributed by atoms with Crippen LogP contribution in [0.25, 0.3) is 6.08 Å². The molecule has 0 N–H and O–H groups in total. The van der Waals surface area contributed by atoms with Crippen LogP contribution in [-0.2, 0) is 9.53 Å². The van der Waals surface area contributed by atoms with Gasteiger partial charge in [-0.25, -0.2) is 9.79 Å². The van der Waals surface area contributed by atoms with E-state index in [0.717, 1.165) is 33.3 Å². The summed E-state index contributed by atoms with van der Waals surface area (Å²) < 4.78 is 12.0. The molecule has 0 saturated heterocycles. The molecule has 128 valence electrons. The van der Waals surface area contributed by atoms with Crippen molar-refractivity contribution in [1.29, 1.82) is 0 Å². The highest BCUT2D eigenvalue weighted by atomic mass is 127. The van der Waals surface area contributed by atoms with E-state index >= 15 is 0 Å². The smallest absolute Gasteiger partial charge is 0.363 e. The molecule has 3 rings (SSSR count). The lowest BCUT2D eigenvalue weighted by atomic mass is 10.2.